The third-order valence-corrected chi connectivity index (χ3v) is 4.56. The number of nitrogens with zero attached hydrogens (tertiary/aromatic N) is 2. The van der Waals surface area contributed by atoms with Crippen molar-refractivity contribution in [3.8, 4) is 11.5 Å². The molecule has 0 amide bonds. The summed E-state index contributed by atoms with van der Waals surface area (Å²) >= 11 is 6.14. The highest BCUT2D eigenvalue weighted by molar-refractivity contribution is 6.31. The first-order valence-corrected chi connectivity index (χ1v) is 8.88. The van der Waals surface area contributed by atoms with E-state index in [9.17, 15) is 0 Å². The maximum absolute atomic E-state index is 6.14. The van der Waals surface area contributed by atoms with Crippen molar-refractivity contribution in [2.45, 2.75) is 19.4 Å². The van der Waals surface area contributed by atoms with Gasteiger partial charge in [-0.15, -0.1) is 0 Å². The van der Waals surface area contributed by atoms with Crippen LogP contribution in [0.4, 0.5) is 0 Å². The third kappa shape index (κ3) is 3.94. The topological polar surface area (TPSA) is 45.5 Å². The number of aromatic nitrogens is 2. The standard InChI is InChI=1S/C20H23ClN2O3/c1-24-10-4-9-23-17-7-6-15(21)13-16(17)22-20(23)12-14-5-8-18(25-2)19(11-14)26-3/h5-8,11,13H,4,9-10,12H2,1-3H3. The van der Waals surface area contributed by atoms with Gasteiger partial charge in [0.25, 0.3) is 0 Å². The number of halogens is 1. The highest BCUT2D eigenvalue weighted by Gasteiger charge is 2.13. The van der Waals surface area contributed by atoms with Crippen molar-refractivity contribution >= 4 is 22.6 Å². The van der Waals surface area contributed by atoms with E-state index >= 15 is 0 Å². The Labute approximate surface area is 158 Å². The van der Waals surface area contributed by atoms with Gasteiger partial charge in [-0.1, -0.05) is 17.7 Å². The van der Waals surface area contributed by atoms with Crippen molar-refractivity contribution in [2.24, 2.45) is 0 Å². The predicted octanol–water partition coefficient (Wildman–Crippen LogP) is 4.33. The number of ether oxygens (including phenoxy) is 3. The Hall–Kier alpha value is -2.24. The van der Waals surface area contributed by atoms with Crippen LogP contribution >= 0.6 is 11.6 Å². The van der Waals surface area contributed by atoms with Gasteiger partial charge in [0.15, 0.2) is 11.5 Å². The number of rotatable bonds is 8. The van der Waals surface area contributed by atoms with Crippen molar-refractivity contribution in [1.29, 1.82) is 0 Å². The maximum Gasteiger partial charge on any atom is 0.161 e. The molecular formula is C20H23ClN2O3. The summed E-state index contributed by atoms with van der Waals surface area (Å²) in [5.41, 5.74) is 3.10. The molecule has 0 atom stereocenters. The lowest BCUT2D eigenvalue weighted by Gasteiger charge is -2.11. The van der Waals surface area contributed by atoms with Gasteiger partial charge in [0.05, 0.1) is 25.3 Å². The fraction of sp³-hybridized carbons (Fsp3) is 0.350. The summed E-state index contributed by atoms with van der Waals surface area (Å²) in [6, 6.07) is 11.8. The quantitative estimate of drug-likeness (QED) is 0.550. The number of hydrogen-bond acceptors (Lipinski definition) is 4. The van der Waals surface area contributed by atoms with Gasteiger partial charge in [-0.25, -0.2) is 4.98 Å². The van der Waals surface area contributed by atoms with Gasteiger partial charge >= 0.3 is 0 Å². The zero-order valence-corrected chi connectivity index (χ0v) is 16.0. The SMILES string of the molecule is COCCCn1c(Cc2ccc(OC)c(OC)c2)nc2cc(Cl)ccc21. The molecule has 0 aliphatic rings. The van der Waals surface area contributed by atoms with Crippen LogP contribution in [-0.2, 0) is 17.7 Å². The molecule has 138 valence electrons. The number of methoxy groups -OCH3 is 3. The van der Waals surface area contributed by atoms with Crippen LogP contribution in [0.2, 0.25) is 5.02 Å². The minimum Gasteiger partial charge on any atom is -0.493 e. The van der Waals surface area contributed by atoms with E-state index in [2.05, 4.69) is 4.57 Å². The number of benzene rings is 2. The van der Waals surface area contributed by atoms with Gasteiger partial charge < -0.3 is 18.8 Å². The summed E-state index contributed by atoms with van der Waals surface area (Å²) in [5, 5.41) is 0.691. The Bertz CT molecular complexity index is 892. The van der Waals surface area contributed by atoms with Crippen molar-refractivity contribution in [2.75, 3.05) is 27.9 Å². The van der Waals surface area contributed by atoms with Gasteiger partial charge in [0.2, 0.25) is 0 Å². The average Bonchev–Trinajstić information content (AvgIpc) is 2.98. The molecule has 3 aromatic rings. The van der Waals surface area contributed by atoms with Crippen molar-refractivity contribution in [3.05, 3.63) is 52.8 Å². The number of fused-ring (bicyclic) bond motifs is 1. The van der Waals surface area contributed by atoms with Crippen molar-refractivity contribution in [1.82, 2.24) is 9.55 Å². The molecule has 0 aliphatic carbocycles. The van der Waals surface area contributed by atoms with E-state index < -0.39 is 0 Å². The Kier molecular flexibility index (Phi) is 6.01. The Morgan fingerprint density at radius 2 is 1.81 bits per heavy atom. The molecule has 0 fully saturated rings. The molecule has 1 aromatic heterocycles. The van der Waals surface area contributed by atoms with E-state index in [1.165, 1.54) is 0 Å². The normalized spacial score (nSPS) is 11.1. The first-order chi connectivity index (χ1) is 12.7. The third-order valence-electron chi connectivity index (χ3n) is 4.33. The Morgan fingerprint density at radius 3 is 2.54 bits per heavy atom. The molecule has 2 aromatic carbocycles. The molecule has 26 heavy (non-hydrogen) atoms. The van der Waals surface area contributed by atoms with E-state index in [1.54, 1.807) is 21.3 Å². The minimum atomic E-state index is 0.691. The van der Waals surface area contributed by atoms with Gasteiger partial charge in [0, 0.05) is 31.7 Å². The Balaban J connectivity index is 1.96. The first kappa shape index (κ1) is 18.5. The van der Waals surface area contributed by atoms with Crippen LogP contribution < -0.4 is 9.47 Å². The molecule has 0 spiro atoms. The van der Waals surface area contributed by atoms with E-state index in [0.29, 0.717) is 18.1 Å². The average molecular weight is 375 g/mol. The fourth-order valence-corrected chi connectivity index (χ4v) is 3.24. The summed E-state index contributed by atoms with van der Waals surface area (Å²) in [4.78, 5) is 4.81. The summed E-state index contributed by atoms with van der Waals surface area (Å²) in [7, 11) is 5.00. The monoisotopic (exact) mass is 374 g/mol. The van der Waals surface area contributed by atoms with Crippen LogP contribution in [0.25, 0.3) is 11.0 Å². The lowest BCUT2D eigenvalue weighted by molar-refractivity contribution is 0.190. The highest BCUT2D eigenvalue weighted by Crippen LogP contribution is 2.29. The molecule has 0 unspecified atom stereocenters. The van der Waals surface area contributed by atoms with Crippen LogP contribution in [0, 0.1) is 0 Å². The molecule has 3 rings (SSSR count). The minimum absolute atomic E-state index is 0.691. The number of imidazole rings is 1. The van der Waals surface area contributed by atoms with Crippen molar-refractivity contribution < 1.29 is 14.2 Å². The first-order valence-electron chi connectivity index (χ1n) is 8.50. The zero-order chi connectivity index (χ0) is 18.5. The summed E-state index contributed by atoms with van der Waals surface area (Å²) in [6.45, 7) is 1.55. The number of aryl methyl sites for hydroxylation is 1. The van der Waals surface area contributed by atoms with E-state index in [4.69, 9.17) is 30.8 Å². The van der Waals surface area contributed by atoms with E-state index in [0.717, 1.165) is 46.9 Å². The molecule has 0 aliphatic heterocycles. The summed E-state index contributed by atoms with van der Waals surface area (Å²) in [5.74, 6) is 2.43. The van der Waals surface area contributed by atoms with Crippen LogP contribution in [0.3, 0.4) is 0 Å². The smallest absolute Gasteiger partial charge is 0.161 e. The Morgan fingerprint density at radius 1 is 1.00 bits per heavy atom. The van der Waals surface area contributed by atoms with Crippen LogP contribution in [-0.4, -0.2) is 37.5 Å². The summed E-state index contributed by atoms with van der Waals surface area (Å²) < 4.78 is 18.2. The van der Waals surface area contributed by atoms with Gasteiger partial charge in [-0.2, -0.15) is 0 Å². The molecule has 0 saturated heterocycles. The van der Waals surface area contributed by atoms with Crippen LogP contribution in [0.1, 0.15) is 17.8 Å². The second-order valence-electron chi connectivity index (χ2n) is 6.03. The van der Waals surface area contributed by atoms with Crippen LogP contribution in [0.5, 0.6) is 11.5 Å². The second-order valence-corrected chi connectivity index (χ2v) is 6.46. The fourth-order valence-electron chi connectivity index (χ4n) is 3.08. The molecule has 0 bridgehead atoms. The zero-order valence-electron chi connectivity index (χ0n) is 15.3. The van der Waals surface area contributed by atoms with Gasteiger partial charge in [-0.05, 0) is 42.3 Å². The molecule has 0 radical (unpaired) electrons. The largest absolute Gasteiger partial charge is 0.493 e. The number of hydrogen-bond donors (Lipinski definition) is 0. The predicted molar refractivity (Wildman–Crippen MR) is 104 cm³/mol. The molecule has 5 nitrogen and oxygen atoms in total. The molecule has 1 heterocycles. The molecular weight excluding hydrogens is 352 g/mol. The lowest BCUT2D eigenvalue weighted by Crippen LogP contribution is -2.07. The molecule has 0 N–H and O–H groups in total. The second kappa shape index (κ2) is 8.43. The van der Waals surface area contributed by atoms with E-state index in [1.807, 2.05) is 36.4 Å². The maximum atomic E-state index is 6.14. The van der Waals surface area contributed by atoms with Crippen molar-refractivity contribution in [3.63, 3.8) is 0 Å². The van der Waals surface area contributed by atoms with Gasteiger partial charge in [0.1, 0.15) is 5.82 Å². The molecule has 0 saturated carbocycles. The summed E-state index contributed by atoms with van der Waals surface area (Å²) in [6.07, 6.45) is 1.61. The molecule has 6 heteroatoms. The van der Waals surface area contributed by atoms with Crippen LogP contribution in [0.15, 0.2) is 36.4 Å². The highest BCUT2D eigenvalue weighted by atomic mass is 35.5. The lowest BCUT2D eigenvalue weighted by atomic mass is 10.1. The van der Waals surface area contributed by atoms with E-state index in [-0.39, 0.29) is 0 Å². The van der Waals surface area contributed by atoms with Gasteiger partial charge in [-0.3, -0.25) is 0 Å².